The van der Waals surface area contributed by atoms with Gasteiger partial charge in [-0.2, -0.15) is 0 Å². The molecular weight excluding hydrogens is 418 g/mol. The van der Waals surface area contributed by atoms with Gasteiger partial charge in [-0.3, -0.25) is 9.59 Å². The van der Waals surface area contributed by atoms with Crippen LogP contribution in [0.1, 0.15) is 50.1 Å². The van der Waals surface area contributed by atoms with Crippen LogP contribution in [0.3, 0.4) is 0 Å². The smallest absolute Gasteiger partial charge is 0.223 e. The van der Waals surface area contributed by atoms with Crippen LogP contribution in [0, 0.1) is 5.92 Å². The number of nitrogens with one attached hydrogen (secondary N) is 1. The maximum Gasteiger partial charge on any atom is 0.223 e. The summed E-state index contributed by atoms with van der Waals surface area (Å²) in [5.41, 5.74) is 0.478. The molecule has 9 heteroatoms. The van der Waals surface area contributed by atoms with Gasteiger partial charge in [-0.1, -0.05) is 18.2 Å². The number of hydrogen-bond acceptors (Lipinski definition) is 5. The van der Waals surface area contributed by atoms with E-state index in [1.807, 2.05) is 31.3 Å². The summed E-state index contributed by atoms with van der Waals surface area (Å²) in [6.07, 6.45) is 4.66. The fourth-order valence-corrected chi connectivity index (χ4v) is 5.81. The number of sulfonamides is 1. The Bertz CT molecular complexity index is 958. The number of fused-ring (bicyclic) bond motifs is 1. The summed E-state index contributed by atoms with van der Waals surface area (Å²) in [6.45, 7) is 1.38. The Balaban J connectivity index is 1.49. The lowest BCUT2D eigenvalue weighted by atomic mass is 9.82. The molecule has 31 heavy (non-hydrogen) atoms. The Hall–Kier alpha value is -2.13. The Morgan fingerprint density at radius 3 is 2.58 bits per heavy atom. The predicted molar refractivity (Wildman–Crippen MR) is 116 cm³/mol. The van der Waals surface area contributed by atoms with Crippen molar-refractivity contribution < 1.29 is 22.7 Å². The van der Waals surface area contributed by atoms with Crippen LogP contribution in [0.25, 0.3) is 0 Å². The van der Waals surface area contributed by atoms with Crippen molar-refractivity contribution in [3.63, 3.8) is 0 Å². The van der Waals surface area contributed by atoms with Crippen LogP contribution in [0.4, 0.5) is 0 Å². The minimum Gasteiger partial charge on any atom is -0.487 e. The number of carbonyl (C=O) groups is 2. The fraction of sp³-hybridized carbons (Fsp3) is 0.636. The number of nitrogens with zero attached hydrogens (tertiary/aromatic N) is 2. The first kappa shape index (κ1) is 22.1. The van der Waals surface area contributed by atoms with E-state index in [1.54, 1.807) is 4.90 Å². The van der Waals surface area contributed by atoms with Crippen LogP contribution >= 0.6 is 0 Å². The zero-order valence-corrected chi connectivity index (χ0v) is 19.0. The summed E-state index contributed by atoms with van der Waals surface area (Å²) in [6, 6.07) is 7.58. The zero-order valence-electron chi connectivity index (χ0n) is 18.2. The Morgan fingerprint density at radius 1 is 1.16 bits per heavy atom. The standard InChI is InChI=1S/C22H31N3O5S/c1-24-14-11-22(10-7-20(24)26)15-18(17-5-3-4-6-19(17)30-22)23-21(27)16-8-12-25(13-9-16)31(2,28)29/h3-6,16,18H,7-15H2,1-2H3,(H,23,27)/t18-,22+/m1/s1. The molecule has 0 aromatic heterocycles. The van der Waals surface area contributed by atoms with Crippen LogP contribution in [0.15, 0.2) is 24.3 Å². The quantitative estimate of drug-likeness (QED) is 0.758. The van der Waals surface area contributed by atoms with Gasteiger partial charge in [0.15, 0.2) is 0 Å². The number of benzene rings is 1. The van der Waals surface area contributed by atoms with Crippen molar-refractivity contribution in [3.05, 3.63) is 29.8 Å². The van der Waals surface area contributed by atoms with Gasteiger partial charge in [0.2, 0.25) is 21.8 Å². The molecule has 1 aromatic rings. The largest absolute Gasteiger partial charge is 0.487 e. The average Bonchev–Trinajstić information content (AvgIpc) is 2.87. The third-order valence-corrected chi connectivity index (χ3v) is 8.23. The summed E-state index contributed by atoms with van der Waals surface area (Å²) in [4.78, 5) is 27.0. The highest BCUT2D eigenvalue weighted by molar-refractivity contribution is 7.88. The van der Waals surface area contributed by atoms with E-state index in [9.17, 15) is 18.0 Å². The van der Waals surface area contributed by atoms with Gasteiger partial charge in [0, 0.05) is 57.4 Å². The molecule has 1 aromatic carbocycles. The number of rotatable bonds is 3. The van der Waals surface area contributed by atoms with Crippen LogP contribution in [-0.2, 0) is 19.6 Å². The molecule has 1 spiro atoms. The number of para-hydroxylation sites is 1. The predicted octanol–water partition coefficient (Wildman–Crippen LogP) is 1.68. The van der Waals surface area contributed by atoms with Gasteiger partial charge in [0.1, 0.15) is 11.4 Å². The van der Waals surface area contributed by atoms with E-state index in [1.165, 1.54) is 10.6 Å². The maximum absolute atomic E-state index is 13.1. The monoisotopic (exact) mass is 449 g/mol. The molecule has 3 aliphatic heterocycles. The molecule has 8 nitrogen and oxygen atoms in total. The summed E-state index contributed by atoms with van der Waals surface area (Å²) in [5, 5.41) is 3.23. The molecule has 0 bridgehead atoms. The van der Waals surface area contributed by atoms with Crippen LogP contribution in [-0.4, -0.2) is 68.0 Å². The molecular formula is C22H31N3O5S. The molecule has 0 aliphatic carbocycles. The van der Waals surface area contributed by atoms with E-state index in [2.05, 4.69) is 5.32 Å². The first-order chi connectivity index (χ1) is 14.7. The third-order valence-electron chi connectivity index (χ3n) is 6.93. The molecule has 1 N–H and O–H groups in total. The van der Waals surface area contributed by atoms with E-state index >= 15 is 0 Å². The van der Waals surface area contributed by atoms with Gasteiger partial charge >= 0.3 is 0 Å². The Morgan fingerprint density at radius 2 is 1.87 bits per heavy atom. The van der Waals surface area contributed by atoms with Crippen molar-refractivity contribution in [2.45, 2.75) is 50.2 Å². The van der Waals surface area contributed by atoms with Crippen LogP contribution in [0.2, 0.25) is 0 Å². The van der Waals surface area contributed by atoms with Crippen molar-refractivity contribution in [2.24, 2.45) is 5.92 Å². The zero-order chi connectivity index (χ0) is 22.2. The highest BCUT2D eigenvalue weighted by atomic mass is 32.2. The molecule has 3 heterocycles. The van der Waals surface area contributed by atoms with Gasteiger partial charge in [-0.25, -0.2) is 12.7 Å². The van der Waals surface area contributed by atoms with E-state index in [-0.39, 0.29) is 23.8 Å². The number of piperidine rings is 1. The molecule has 0 saturated carbocycles. The van der Waals surface area contributed by atoms with Gasteiger partial charge in [0.25, 0.3) is 0 Å². The number of likely N-dealkylation sites (tertiary alicyclic amines) is 1. The lowest BCUT2D eigenvalue weighted by molar-refractivity contribution is -0.130. The van der Waals surface area contributed by atoms with E-state index in [0.717, 1.165) is 17.7 Å². The summed E-state index contributed by atoms with van der Waals surface area (Å²) < 4.78 is 31.4. The topological polar surface area (TPSA) is 96.0 Å². The van der Waals surface area contributed by atoms with Crippen molar-refractivity contribution in [3.8, 4) is 5.75 Å². The molecule has 0 unspecified atom stereocenters. The minimum atomic E-state index is -3.22. The van der Waals surface area contributed by atoms with E-state index < -0.39 is 15.6 Å². The first-order valence-electron chi connectivity index (χ1n) is 10.9. The second kappa shape index (κ2) is 8.43. The summed E-state index contributed by atoms with van der Waals surface area (Å²) in [7, 11) is -1.40. The minimum absolute atomic E-state index is 0.0354. The maximum atomic E-state index is 13.1. The van der Waals surface area contributed by atoms with Crippen molar-refractivity contribution in [1.82, 2.24) is 14.5 Å². The lowest BCUT2D eigenvalue weighted by Crippen LogP contribution is -2.48. The molecule has 3 aliphatic rings. The van der Waals surface area contributed by atoms with E-state index in [4.69, 9.17) is 4.74 Å². The molecule has 2 atom stereocenters. The normalized spacial score (nSPS) is 28.0. The highest BCUT2D eigenvalue weighted by Gasteiger charge is 2.44. The van der Waals surface area contributed by atoms with Gasteiger partial charge < -0.3 is 15.0 Å². The summed E-state index contributed by atoms with van der Waals surface area (Å²) >= 11 is 0. The SMILES string of the molecule is CN1CC[C@@]2(CCC1=O)C[C@@H](NC(=O)C1CCN(S(C)(=O)=O)CC1)c1ccccc1O2. The highest BCUT2D eigenvalue weighted by Crippen LogP contribution is 2.44. The second-order valence-corrected chi connectivity index (χ2v) is 11.1. The van der Waals surface area contributed by atoms with Gasteiger partial charge in [-0.05, 0) is 25.3 Å². The number of hydrogen-bond donors (Lipinski definition) is 1. The molecule has 2 fully saturated rings. The van der Waals surface area contributed by atoms with Crippen LogP contribution in [0.5, 0.6) is 5.75 Å². The summed E-state index contributed by atoms with van der Waals surface area (Å²) in [5.74, 6) is 0.651. The van der Waals surface area contributed by atoms with Crippen LogP contribution < -0.4 is 10.1 Å². The Kier molecular flexibility index (Phi) is 6.00. The number of amides is 2. The van der Waals surface area contributed by atoms with Crippen molar-refractivity contribution in [1.29, 1.82) is 0 Å². The molecule has 2 saturated heterocycles. The number of ether oxygens (including phenoxy) is 1. The average molecular weight is 450 g/mol. The van der Waals surface area contributed by atoms with E-state index in [0.29, 0.717) is 51.7 Å². The first-order valence-corrected chi connectivity index (χ1v) is 12.8. The Labute approximate surface area is 184 Å². The lowest BCUT2D eigenvalue weighted by Gasteiger charge is -2.42. The second-order valence-electron chi connectivity index (χ2n) is 9.09. The fourth-order valence-electron chi connectivity index (χ4n) is 4.94. The molecule has 0 radical (unpaired) electrons. The van der Waals surface area contributed by atoms with Crippen molar-refractivity contribution >= 4 is 21.8 Å². The van der Waals surface area contributed by atoms with Crippen molar-refractivity contribution in [2.75, 3.05) is 32.9 Å². The molecule has 4 rings (SSSR count). The van der Waals surface area contributed by atoms with Gasteiger partial charge in [-0.15, -0.1) is 0 Å². The molecule has 2 amide bonds. The third kappa shape index (κ3) is 4.72. The number of carbonyl (C=O) groups excluding carboxylic acids is 2. The van der Waals surface area contributed by atoms with Gasteiger partial charge in [0.05, 0.1) is 12.3 Å². The molecule has 170 valence electrons.